The zero-order chi connectivity index (χ0) is 27.4. The van der Waals surface area contributed by atoms with Crippen LogP contribution in [0.2, 0.25) is 0 Å². The SMILES string of the molecule is CO[C@H](c1ccc(-n2ncc3ccccc3c2=O)cc1)[C@H](C)/C=C/CC(=O)N1Cc2ccccc2C[C@H]1CO. The van der Waals surface area contributed by atoms with Crippen molar-refractivity contribution in [2.75, 3.05) is 13.7 Å². The van der Waals surface area contributed by atoms with Gasteiger partial charge in [0.1, 0.15) is 0 Å². The molecule has 4 aromatic rings. The van der Waals surface area contributed by atoms with Crippen molar-refractivity contribution in [3.63, 3.8) is 0 Å². The van der Waals surface area contributed by atoms with E-state index in [9.17, 15) is 14.7 Å². The van der Waals surface area contributed by atoms with Crippen LogP contribution in [0.4, 0.5) is 0 Å². The maximum atomic E-state index is 13.0. The molecule has 0 saturated carbocycles. The topological polar surface area (TPSA) is 84.7 Å². The lowest BCUT2D eigenvalue weighted by Gasteiger charge is -2.36. The van der Waals surface area contributed by atoms with Crippen molar-refractivity contribution < 1.29 is 14.6 Å². The molecule has 1 aromatic heterocycles. The lowest BCUT2D eigenvalue weighted by atomic mass is 9.93. The van der Waals surface area contributed by atoms with E-state index in [4.69, 9.17) is 4.74 Å². The second-order valence-corrected chi connectivity index (χ2v) is 10.0. The molecule has 0 radical (unpaired) electrons. The van der Waals surface area contributed by atoms with Gasteiger partial charge in [0.05, 0.1) is 36.0 Å². The Bertz CT molecular complexity index is 1540. The van der Waals surface area contributed by atoms with E-state index in [0.717, 1.165) is 16.5 Å². The van der Waals surface area contributed by atoms with Gasteiger partial charge in [-0.1, -0.05) is 73.7 Å². The van der Waals surface area contributed by atoms with Crippen LogP contribution in [-0.2, 0) is 22.5 Å². The second kappa shape index (κ2) is 11.8. The van der Waals surface area contributed by atoms with Crippen molar-refractivity contribution in [2.24, 2.45) is 5.92 Å². The van der Waals surface area contributed by atoms with E-state index in [2.05, 4.69) is 11.2 Å². The summed E-state index contributed by atoms with van der Waals surface area (Å²) in [6.07, 6.45) is 6.29. The third kappa shape index (κ3) is 5.55. The molecular weight excluding hydrogens is 490 g/mol. The largest absolute Gasteiger partial charge is 0.394 e. The number of methoxy groups -OCH3 is 1. The lowest BCUT2D eigenvalue weighted by Crippen LogP contribution is -2.46. The number of aromatic nitrogens is 2. The van der Waals surface area contributed by atoms with Gasteiger partial charge in [0.25, 0.3) is 5.56 Å². The zero-order valence-corrected chi connectivity index (χ0v) is 22.2. The minimum atomic E-state index is -0.223. The molecule has 3 atom stereocenters. The fourth-order valence-electron chi connectivity index (χ4n) is 5.38. The number of nitrogens with zero attached hydrogens (tertiary/aromatic N) is 3. The number of hydrogen-bond donors (Lipinski definition) is 1. The third-order valence-corrected chi connectivity index (χ3v) is 7.51. The highest BCUT2D eigenvalue weighted by Crippen LogP contribution is 2.28. The molecule has 0 bridgehead atoms. The highest BCUT2D eigenvalue weighted by Gasteiger charge is 2.28. The molecule has 0 fully saturated rings. The Morgan fingerprint density at radius 1 is 1.08 bits per heavy atom. The van der Waals surface area contributed by atoms with E-state index in [-0.39, 0.29) is 42.6 Å². The van der Waals surface area contributed by atoms with E-state index in [1.807, 2.05) is 79.7 Å². The highest BCUT2D eigenvalue weighted by atomic mass is 16.5. The van der Waals surface area contributed by atoms with Gasteiger partial charge in [-0.3, -0.25) is 9.59 Å². The summed E-state index contributed by atoms with van der Waals surface area (Å²) < 4.78 is 7.21. The summed E-state index contributed by atoms with van der Waals surface area (Å²) in [4.78, 5) is 27.8. The van der Waals surface area contributed by atoms with Gasteiger partial charge in [-0.15, -0.1) is 0 Å². The Balaban J connectivity index is 1.25. The molecule has 200 valence electrons. The van der Waals surface area contributed by atoms with E-state index in [1.54, 1.807) is 24.3 Å². The molecule has 2 heterocycles. The Morgan fingerprint density at radius 3 is 2.54 bits per heavy atom. The van der Waals surface area contributed by atoms with Gasteiger partial charge in [-0.05, 0) is 41.3 Å². The number of ether oxygens (including phenoxy) is 1. The third-order valence-electron chi connectivity index (χ3n) is 7.51. The normalized spacial score (nSPS) is 16.8. The fraction of sp³-hybridized carbons (Fsp3) is 0.281. The van der Waals surface area contributed by atoms with Gasteiger partial charge in [-0.25, -0.2) is 0 Å². The quantitative estimate of drug-likeness (QED) is 0.341. The van der Waals surface area contributed by atoms with Gasteiger partial charge in [-0.2, -0.15) is 9.78 Å². The molecule has 5 rings (SSSR count). The maximum Gasteiger partial charge on any atom is 0.279 e. The van der Waals surface area contributed by atoms with E-state index < -0.39 is 0 Å². The van der Waals surface area contributed by atoms with E-state index in [1.165, 1.54) is 10.2 Å². The van der Waals surface area contributed by atoms with Crippen molar-refractivity contribution in [3.8, 4) is 5.69 Å². The highest BCUT2D eigenvalue weighted by molar-refractivity contribution is 5.80. The minimum absolute atomic E-state index is 0.00125. The number of amides is 1. The average Bonchev–Trinajstić information content (AvgIpc) is 2.97. The fourth-order valence-corrected chi connectivity index (χ4v) is 5.38. The molecule has 1 aliphatic rings. The van der Waals surface area contributed by atoms with Crippen molar-refractivity contribution in [1.29, 1.82) is 0 Å². The van der Waals surface area contributed by atoms with E-state index in [0.29, 0.717) is 24.0 Å². The van der Waals surface area contributed by atoms with Crippen LogP contribution in [0, 0.1) is 5.92 Å². The first-order chi connectivity index (χ1) is 19.0. The minimum Gasteiger partial charge on any atom is -0.394 e. The van der Waals surface area contributed by atoms with Gasteiger partial charge in [0.15, 0.2) is 0 Å². The molecule has 7 nitrogen and oxygen atoms in total. The molecule has 1 N–H and O–H groups in total. The Hall–Kier alpha value is -4.07. The van der Waals surface area contributed by atoms with Crippen LogP contribution in [0.3, 0.4) is 0 Å². The summed E-state index contributed by atoms with van der Waals surface area (Å²) in [5.41, 5.74) is 3.81. The second-order valence-electron chi connectivity index (χ2n) is 10.0. The summed E-state index contributed by atoms with van der Waals surface area (Å²) in [5, 5.41) is 15.7. The number of hydrogen-bond acceptors (Lipinski definition) is 5. The number of benzene rings is 3. The molecule has 1 aliphatic heterocycles. The molecule has 3 aromatic carbocycles. The molecule has 0 saturated heterocycles. The number of carbonyl (C=O) groups is 1. The Labute approximate surface area is 228 Å². The van der Waals surface area contributed by atoms with Gasteiger partial charge < -0.3 is 14.7 Å². The predicted molar refractivity (Wildman–Crippen MR) is 152 cm³/mol. The number of aliphatic hydroxyl groups excluding tert-OH is 1. The average molecular weight is 524 g/mol. The predicted octanol–water partition coefficient (Wildman–Crippen LogP) is 4.60. The number of fused-ring (bicyclic) bond motifs is 2. The van der Waals surface area contributed by atoms with Crippen molar-refractivity contribution in [2.45, 2.75) is 38.5 Å². The lowest BCUT2D eigenvalue weighted by molar-refractivity contribution is -0.134. The van der Waals surface area contributed by atoms with Gasteiger partial charge in [0, 0.05) is 31.4 Å². The monoisotopic (exact) mass is 523 g/mol. The Kier molecular flexibility index (Phi) is 8.00. The van der Waals surface area contributed by atoms with Crippen LogP contribution in [-0.4, -0.2) is 45.5 Å². The molecule has 7 heteroatoms. The number of rotatable bonds is 8. The van der Waals surface area contributed by atoms with Crippen LogP contribution in [0.1, 0.15) is 36.1 Å². The van der Waals surface area contributed by atoms with Crippen molar-refractivity contribution in [1.82, 2.24) is 14.7 Å². The first kappa shape index (κ1) is 26.5. The molecular formula is C32H33N3O4. The van der Waals surface area contributed by atoms with Crippen LogP contribution < -0.4 is 5.56 Å². The molecule has 1 amide bonds. The van der Waals surface area contributed by atoms with Crippen molar-refractivity contribution in [3.05, 3.63) is 118 Å². The molecule has 39 heavy (non-hydrogen) atoms. The summed E-state index contributed by atoms with van der Waals surface area (Å²) in [6.45, 7) is 2.51. The summed E-state index contributed by atoms with van der Waals surface area (Å²) in [5.74, 6) is 0.00420. The summed E-state index contributed by atoms with van der Waals surface area (Å²) in [7, 11) is 1.67. The van der Waals surface area contributed by atoms with Crippen LogP contribution in [0.5, 0.6) is 0 Å². The van der Waals surface area contributed by atoms with Crippen LogP contribution >= 0.6 is 0 Å². The van der Waals surface area contributed by atoms with Crippen molar-refractivity contribution >= 4 is 16.7 Å². The van der Waals surface area contributed by atoms with Gasteiger partial charge in [0.2, 0.25) is 5.91 Å². The van der Waals surface area contributed by atoms with E-state index >= 15 is 0 Å². The standard InChI is InChI=1S/C32H33N3O4/c1-22(8-7-13-30(37)34-20-26-11-4-3-9-24(26)18-28(34)21-36)31(39-2)23-14-16-27(17-15-23)35-32(38)29-12-6-5-10-25(29)19-33-35/h3-12,14-17,19,22,28,31,36H,13,18,20-21H2,1-2H3/b8-7+/t22-,28+,31+/m1/s1. The number of carbonyl (C=O) groups excluding carboxylic acids is 1. The number of aliphatic hydroxyl groups is 1. The summed E-state index contributed by atoms with van der Waals surface area (Å²) >= 11 is 0. The summed E-state index contributed by atoms with van der Waals surface area (Å²) in [6, 6.07) is 22.9. The van der Waals surface area contributed by atoms with Crippen LogP contribution in [0.15, 0.2) is 95.9 Å². The first-order valence-electron chi connectivity index (χ1n) is 13.2. The maximum absolute atomic E-state index is 13.0. The smallest absolute Gasteiger partial charge is 0.279 e. The Morgan fingerprint density at radius 2 is 1.79 bits per heavy atom. The molecule has 0 spiro atoms. The van der Waals surface area contributed by atoms with Crippen LogP contribution in [0.25, 0.3) is 16.5 Å². The van der Waals surface area contributed by atoms with Gasteiger partial charge >= 0.3 is 0 Å². The first-order valence-corrected chi connectivity index (χ1v) is 13.2. The zero-order valence-electron chi connectivity index (χ0n) is 22.2. The molecule has 0 aliphatic carbocycles. The molecule has 0 unspecified atom stereocenters.